The number of rotatable bonds is 80. The van der Waals surface area contributed by atoms with E-state index in [-0.39, 0.29) is 25.7 Å². The van der Waals surface area contributed by atoms with Crippen LogP contribution >= 0.6 is 15.6 Å². The Bertz CT molecular complexity index is 1990. The summed E-state index contributed by atoms with van der Waals surface area (Å²) in [6.07, 6.45) is 60.1. The van der Waals surface area contributed by atoms with Crippen LogP contribution in [0.15, 0.2) is 0 Å². The molecule has 0 spiro atoms. The third kappa shape index (κ3) is 76.3. The van der Waals surface area contributed by atoms with Gasteiger partial charge in [0.1, 0.15) is 19.3 Å². The number of phosphoric acid groups is 2. The highest BCUT2D eigenvalue weighted by atomic mass is 31.2. The lowest BCUT2D eigenvalue weighted by Crippen LogP contribution is -2.30. The second-order valence-electron chi connectivity index (χ2n) is 31.8. The van der Waals surface area contributed by atoms with Crippen LogP contribution in [0, 0.1) is 23.7 Å². The number of ether oxygens (including phenoxy) is 4. The zero-order valence-corrected chi connectivity index (χ0v) is 69.0. The Kier molecular flexibility index (Phi) is 70.6. The lowest BCUT2D eigenvalue weighted by atomic mass is 10.0. The van der Waals surface area contributed by atoms with E-state index in [2.05, 4.69) is 55.4 Å². The molecule has 0 aromatic heterocycles. The van der Waals surface area contributed by atoms with Gasteiger partial charge in [-0.1, -0.05) is 376 Å². The van der Waals surface area contributed by atoms with E-state index < -0.39 is 97.5 Å². The fourth-order valence-electron chi connectivity index (χ4n) is 12.8. The van der Waals surface area contributed by atoms with Crippen molar-refractivity contribution in [3.8, 4) is 0 Å². The van der Waals surface area contributed by atoms with Gasteiger partial charge < -0.3 is 33.8 Å². The van der Waals surface area contributed by atoms with E-state index in [1.165, 1.54) is 225 Å². The van der Waals surface area contributed by atoms with Gasteiger partial charge in [0.05, 0.1) is 26.4 Å². The number of aliphatic hydroxyl groups excluding tert-OH is 1. The number of phosphoric ester groups is 2. The van der Waals surface area contributed by atoms with Gasteiger partial charge in [-0.2, -0.15) is 0 Å². The fourth-order valence-corrected chi connectivity index (χ4v) is 14.4. The van der Waals surface area contributed by atoms with Gasteiger partial charge in [-0.15, -0.1) is 0 Å². The van der Waals surface area contributed by atoms with Crippen LogP contribution in [0.1, 0.15) is 428 Å². The van der Waals surface area contributed by atoms with Gasteiger partial charge in [-0.25, -0.2) is 9.13 Å². The van der Waals surface area contributed by atoms with Gasteiger partial charge in [-0.05, 0) is 49.4 Å². The number of aliphatic hydroxyl groups is 1. The molecule has 3 N–H and O–H groups in total. The van der Waals surface area contributed by atoms with Gasteiger partial charge in [0.15, 0.2) is 12.2 Å². The first-order valence-electron chi connectivity index (χ1n) is 42.7. The Morgan fingerprint density at radius 2 is 0.412 bits per heavy atom. The minimum Gasteiger partial charge on any atom is -0.462 e. The van der Waals surface area contributed by atoms with Crippen molar-refractivity contribution in [2.75, 3.05) is 39.6 Å². The molecule has 102 heavy (non-hydrogen) atoms. The molecule has 5 atom stereocenters. The average Bonchev–Trinajstić information content (AvgIpc) is 0.906. The zero-order valence-electron chi connectivity index (χ0n) is 67.2. The fraction of sp³-hybridized carbons (Fsp3) is 0.952. The Hall–Kier alpha value is -1.94. The molecular weight excluding hydrogens is 1330 g/mol. The molecule has 0 aliphatic carbocycles. The SMILES string of the molecule is CC(C)CCCCCCCCCCCCCCCCCCCCC(=O)OC[C@H](COP(=O)(O)OCC(O)COP(=O)(O)OC[C@@H](COC(=O)CCCCCCCCC(C)C)OC(=O)CCCCCCCCCCCCCCCCCCCCC(C)C)OC(=O)CCCCCCCCCCC(C)C. The third-order valence-electron chi connectivity index (χ3n) is 19.3. The lowest BCUT2D eigenvalue weighted by molar-refractivity contribution is -0.161. The molecule has 0 aliphatic rings. The third-order valence-corrected chi connectivity index (χ3v) is 21.2. The van der Waals surface area contributed by atoms with Gasteiger partial charge >= 0.3 is 39.5 Å². The monoisotopic (exact) mass is 1490 g/mol. The molecule has 3 unspecified atom stereocenters. The first-order valence-corrected chi connectivity index (χ1v) is 45.7. The van der Waals surface area contributed by atoms with Crippen molar-refractivity contribution < 1.29 is 80.2 Å². The average molecular weight is 1490 g/mol. The van der Waals surface area contributed by atoms with Crippen LogP contribution in [0.4, 0.5) is 0 Å². The second kappa shape index (κ2) is 72.0. The summed E-state index contributed by atoms with van der Waals surface area (Å²) in [5.74, 6) is 0.924. The predicted octanol–water partition coefficient (Wildman–Crippen LogP) is 24.8. The van der Waals surface area contributed by atoms with Crippen LogP contribution in [-0.2, 0) is 65.4 Å². The molecular formula is C83H162O17P2. The molecule has 606 valence electrons. The highest BCUT2D eigenvalue weighted by molar-refractivity contribution is 7.47. The molecule has 0 rings (SSSR count). The van der Waals surface area contributed by atoms with Crippen molar-refractivity contribution in [3.63, 3.8) is 0 Å². The van der Waals surface area contributed by atoms with E-state index in [9.17, 15) is 43.2 Å². The maximum absolute atomic E-state index is 13.1. The van der Waals surface area contributed by atoms with Crippen LogP contribution in [0.3, 0.4) is 0 Å². The van der Waals surface area contributed by atoms with Gasteiger partial charge in [0, 0.05) is 25.7 Å². The largest absolute Gasteiger partial charge is 0.472 e. The van der Waals surface area contributed by atoms with Gasteiger partial charge in [0.2, 0.25) is 0 Å². The standard InChI is InChI=1S/C83H162O17P2/c1-73(2)59-51-43-35-29-25-21-17-13-9-11-15-19-23-27-31-38-47-55-63-80(85)93-69-78(100-83(88)66-58-50-40-34-33-37-45-53-61-75(5)6)71-97-101(89,90)95-67-77(84)68-96-102(91,92)98-72-79(70-94-81(86)64-56-48-42-41-46-54-62-76(7)8)99-82(87)65-57-49-39-32-28-24-20-16-12-10-14-18-22-26-30-36-44-52-60-74(3)4/h73-79,84H,9-72H2,1-8H3,(H,89,90)(H,91,92)/t77?,78-,79-/m1/s1. The van der Waals surface area contributed by atoms with Gasteiger partial charge in [-0.3, -0.25) is 37.3 Å². The highest BCUT2D eigenvalue weighted by Gasteiger charge is 2.30. The first-order chi connectivity index (χ1) is 49.1. The Labute approximate surface area is 626 Å². The highest BCUT2D eigenvalue weighted by Crippen LogP contribution is 2.45. The summed E-state index contributed by atoms with van der Waals surface area (Å²) >= 11 is 0. The molecule has 0 radical (unpaired) electrons. The topological polar surface area (TPSA) is 237 Å². The van der Waals surface area contributed by atoms with Crippen LogP contribution in [-0.4, -0.2) is 96.7 Å². The zero-order chi connectivity index (χ0) is 75.3. The van der Waals surface area contributed by atoms with E-state index in [1.54, 1.807) is 0 Å². The molecule has 0 fully saturated rings. The lowest BCUT2D eigenvalue weighted by Gasteiger charge is -2.21. The van der Waals surface area contributed by atoms with Gasteiger partial charge in [0.25, 0.3) is 0 Å². The van der Waals surface area contributed by atoms with Crippen molar-refractivity contribution in [1.29, 1.82) is 0 Å². The van der Waals surface area contributed by atoms with Crippen LogP contribution < -0.4 is 0 Å². The number of carbonyl (C=O) groups excluding carboxylic acids is 4. The molecule has 0 aliphatic heterocycles. The minimum absolute atomic E-state index is 0.105. The Morgan fingerprint density at radius 1 is 0.245 bits per heavy atom. The number of hydrogen-bond acceptors (Lipinski definition) is 15. The minimum atomic E-state index is -4.96. The van der Waals surface area contributed by atoms with E-state index in [4.69, 9.17) is 37.0 Å². The number of carbonyl (C=O) groups is 4. The van der Waals surface area contributed by atoms with Crippen molar-refractivity contribution in [1.82, 2.24) is 0 Å². The first kappa shape index (κ1) is 100. The normalized spacial score (nSPS) is 14.0. The predicted molar refractivity (Wildman–Crippen MR) is 418 cm³/mol. The van der Waals surface area contributed by atoms with Crippen molar-refractivity contribution in [2.45, 2.75) is 446 Å². The molecule has 0 bridgehead atoms. The summed E-state index contributed by atoms with van der Waals surface area (Å²) in [7, 11) is -9.92. The summed E-state index contributed by atoms with van der Waals surface area (Å²) in [4.78, 5) is 73.0. The molecule has 17 nitrogen and oxygen atoms in total. The molecule has 0 amide bonds. The molecule has 19 heteroatoms. The van der Waals surface area contributed by atoms with Crippen LogP contribution in [0.5, 0.6) is 0 Å². The summed E-state index contributed by atoms with van der Waals surface area (Å²) in [6, 6.07) is 0. The summed E-state index contributed by atoms with van der Waals surface area (Å²) in [5.41, 5.74) is 0. The molecule has 0 aromatic rings. The number of hydrogen-bond donors (Lipinski definition) is 3. The van der Waals surface area contributed by atoms with E-state index in [0.717, 1.165) is 108 Å². The van der Waals surface area contributed by atoms with Crippen LogP contribution in [0.25, 0.3) is 0 Å². The molecule has 0 heterocycles. The molecule has 0 saturated carbocycles. The maximum atomic E-state index is 13.1. The smallest absolute Gasteiger partial charge is 0.462 e. The Balaban J connectivity index is 5.11. The van der Waals surface area contributed by atoms with Crippen molar-refractivity contribution in [3.05, 3.63) is 0 Å². The van der Waals surface area contributed by atoms with Crippen molar-refractivity contribution >= 4 is 39.5 Å². The quantitative estimate of drug-likeness (QED) is 0.0222. The van der Waals surface area contributed by atoms with E-state index in [1.807, 2.05) is 0 Å². The maximum Gasteiger partial charge on any atom is 0.472 e. The number of esters is 4. The second-order valence-corrected chi connectivity index (χ2v) is 34.7. The molecule has 0 aromatic carbocycles. The van der Waals surface area contributed by atoms with E-state index >= 15 is 0 Å². The van der Waals surface area contributed by atoms with E-state index in [0.29, 0.717) is 37.5 Å². The summed E-state index contributed by atoms with van der Waals surface area (Å²) in [5, 5.41) is 10.6. The summed E-state index contributed by atoms with van der Waals surface area (Å²) in [6.45, 7) is 14.2. The molecule has 0 saturated heterocycles. The van der Waals surface area contributed by atoms with Crippen molar-refractivity contribution in [2.24, 2.45) is 23.7 Å². The Morgan fingerprint density at radius 3 is 0.608 bits per heavy atom. The number of unbranched alkanes of at least 4 members (excludes halogenated alkanes) is 46. The van der Waals surface area contributed by atoms with Crippen LogP contribution in [0.2, 0.25) is 0 Å². The summed E-state index contributed by atoms with van der Waals surface area (Å²) < 4.78 is 68.7.